The highest BCUT2D eigenvalue weighted by Crippen LogP contribution is 2.45. The van der Waals surface area contributed by atoms with Crippen LogP contribution in [0, 0.1) is 27.7 Å². The van der Waals surface area contributed by atoms with E-state index in [9.17, 15) is 0 Å². The molecule has 3 aromatic carbocycles. The van der Waals surface area contributed by atoms with Crippen LogP contribution in [0.3, 0.4) is 0 Å². The van der Waals surface area contributed by atoms with Gasteiger partial charge in [0.15, 0.2) is 5.11 Å². The summed E-state index contributed by atoms with van der Waals surface area (Å²) in [4.78, 5) is 6.95. The number of para-hydroxylation sites is 1. The molecule has 1 aliphatic rings. The first-order valence-electron chi connectivity index (χ1n) is 13.6. The fraction of sp³-hybridized carbons (Fsp3) is 0.176. The Bertz CT molecular complexity index is 1730. The van der Waals surface area contributed by atoms with Gasteiger partial charge in [0.1, 0.15) is 11.5 Å². The Morgan fingerprint density at radius 2 is 1.59 bits per heavy atom. The number of benzene rings is 3. The smallest absolute Gasteiger partial charge is 0.174 e. The molecule has 41 heavy (non-hydrogen) atoms. The predicted molar refractivity (Wildman–Crippen MR) is 171 cm³/mol. The van der Waals surface area contributed by atoms with Crippen LogP contribution in [0.15, 0.2) is 97.2 Å². The van der Waals surface area contributed by atoms with Gasteiger partial charge in [-0.15, -0.1) is 0 Å². The van der Waals surface area contributed by atoms with Crippen LogP contribution in [0.5, 0.6) is 11.5 Å². The second kappa shape index (κ2) is 11.0. The van der Waals surface area contributed by atoms with Gasteiger partial charge in [0, 0.05) is 39.5 Å². The van der Waals surface area contributed by atoms with Gasteiger partial charge in [0.05, 0.1) is 17.8 Å². The fourth-order valence-corrected chi connectivity index (χ4v) is 6.37. The Labute approximate surface area is 251 Å². The summed E-state index contributed by atoms with van der Waals surface area (Å²) in [5.41, 5.74) is 8.78. The summed E-state index contributed by atoms with van der Waals surface area (Å²) in [7, 11) is 0. The van der Waals surface area contributed by atoms with Gasteiger partial charge in [0.2, 0.25) is 0 Å². The third-order valence-corrected chi connectivity index (χ3v) is 8.45. The zero-order chi connectivity index (χ0) is 28.7. The zero-order valence-electron chi connectivity index (χ0n) is 23.4. The van der Waals surface area contributed by atoms with E-state index in [4.69, 9.17) is 33.5 Å². The number of hydrogen-bond donors (Lipinski definition) is 1. The number of ether oxygens (including phenoxy) is 1. The molecule has 2 aromatic heterocycles. The number of nitrogens with zero attached hydrogens (tertiary/aromatic N) is 3. The Kier molecular flexibility index (Phi) is 7.28. The molecule has 7 heteroatoms. The van der Waals surface area contributed by atoms with Crippen molar-refractivity contribution in [2.45, 2.75) is 39.8 Å². The minimum Gasteiger partial charge on any atom is -0.457 e. The molecule has 1 fully saturated rings. The van der Waals surface area contributed by atoms with Crippen LogP contribution in [-0.2, 0) is 0 Å². The summed E-state index contributed by atoms with van der Waals surface area (Å²) in [5.74, 6) is 1.62. The molecule has 6 rings (SSSR count). The highest BCUT2D eigenvalue weighted by atomic mass is 35.5. The number of anilines is 1. The summed E-state index contributed by atoms with van der Waals surface area (Å²) >= 11 is 12.4. The first-order valence-corrected chi connectivity index (χ1v) is 14.4. The normalized spacial score (nSPS) is 16.6. The number of aromatic nitrogens is 2. The molecule has 3 heterocycles. The van der Waals surface area contributed by atoms with Crippen molar-refractivity contribution in [2.75, 3.05) is 4.90 Å². The molecule has 0 saturated carbocycles. The van der Waals surface area contributed by atoms with Crippen molar-refractivity contribution in [1.29, 1.82) is 0 Å². The van der Waals surface area contributed by atoms with Crippen LogP contribution in [0.1, 0.15) is 45.9 Å². The summed E-state index contributed by atoms with van der Waals surface area (Å²) in [5, 5.41) is 4.96. The van der Waals surface area contributed by atoms with Gasteiger partial charge < -0.3 is 19.5 Å². The molecule has 0 spiro atoms. The second-order valence-corrected chi connectivity index (χ2v) is 11.2. The minimum absolute atomic E-state index is 0.125. The highest BCUT2D eigenvalue weighted by molar-refractivity contribution is 7.80. The number of halogens is 1. The minimum atomic E-state index is -0.140. The van der Waals surface area contributed by atoms with Crippen molar-refractivity contribution in [2.24, 2.45) is 0 Å². The quantitative estimate of drug-likeness (QED) is 0.204. The van der Waals surface area contributed by atoms with Crippen LogP contribution < -0.4 is 15.0 Å². The lowest BCUT2D eigenvalue weighted by atomic mass is 9.93. The molecule has 5 nitrogen and oxygen atoms in total. The molecular weight excluding hydrogens is 548 g/mol. The molecule has 0 bridgehead atoms. The number of pyridine rings is 1. The molecule has 206 valence electrons. The average molecular weight is 579 g/mol. The van der Waals surface area contributed by atoms with E-state index in [2.05, 4.69) is 59.8 Å². The van der Waals surface area contributed by atoms with Crippen LogP contribution in [0.4, 0.5) is 5.69 Å². The average Bonchev–Trinajstić information content (AvgIpc) is 3.42. The van der Waals surface area contributed by atoms with Crippen LogP contribution in [-0.4, -0.2) is 14.7 Å². The Morgan fingerprint density at radius 1 is 0.829 bits per heavy atom. The summed E-state index contributed by atoms with van der Waals surface area (Å²) in [6, 6.07) is 29.9. The van der Waals surface area contributed by atoms with Gasteiger partial charge >= 0.3 is 0 Å². The molecule has 0 unspecified atom stereocenters. The lowest BCUT2D eigenvalue weighted by Crippen LogP contribution is -2.29. The summed E-state index contributed by atoms with van der Waals surface area (Å²) in [6.45, 7) is 8.56. The number of hydrogen-bond acceptors (Lipinski definition) is 3. The SMILES string of the molecule is Cc1ccccc1Oc1ccc(N2C(=S)N[C@H](c3ccccn3)[C@@H]2c2c(C)c(C)n(-c3cccc(Cl)c3)c2C)cc1. The molecule has 0 amide bonds. The number of aryl methyl sites for hydroxylation is 1. The van der Waals surface area contributed by atoms with E-state index >= 15 is 0 Å². The largest absolute Gasteiger partial charge is 0.457 e. The lowest BCUT2D eigenvalue weighted by Gasteiger charge is -2.29. The van der Waals surface area contributed by atoms with Crippen molar-refractivity contribution < 1.29 is 4.74 Å². The third kappa shape index (κ3) is 4.98. The van der Waals surface area contributed by atoms with Gasteiger partial charge in [-0.3, -0.25) is 4.98 Å². The Hall–Kier alpha value is -4.13. The second-order valence-electron chi connectivity index (χ2n) is 10.4. The number of rotatable bonds is 6. The van der Waals surface area contributed by atoms with Crippen LogP contribution in [0.2, 0.25) is 5.02 Å². The monoisotopic (exact) mass is 578 g/mol. The van der Waals surface area contributed by atoms with E-state index in [0.717, 1.165) is 39.8 Å². The van der Waals surface area contributed by atoms with E-state index in [1.165, 1.54) is 16.8 Å². The zero-order valence-corrected chi connectivity index (χ0v) is 25.0. The van der Waals surface area contributed by atoms with Gasteiger partial charge in [-0.25, -0.2) is 0 Å². The van der Waals surface area contributed by atoms with Gasteiger partial charge in [-0.05, 0) is 112 Å². The van der Waals surface area contributed by atoms with Crippen LogP contribution in [0.25, 0.3) is 5.69 Å². The number of nitrogens with one attached hydrogen (secondary N) is 1. The summed E-state index contributed by atoms with van der Waals surface area (Å²) < 4.78 is 8.46. The van der Waals surface area contributed by atoms with E-state index < -0.39 is 0 Å². The van der Waals surface area contributed by atoms with Gasteiger partial charge in [-0.2, -0.15) is 0 Å². The Morgan fingerprint density at radius 3 is 2.29 bits per heavy atom. The van der Waals surface area contributed by atoms with E-state index in [1.807, 2.05) is 79.9 Å². The Balaban J connectivity index is 1.45. The molecular formula is C34H31ClN4OS. The first-order chi connectivity index (χ1) is 19.8. The van der Waals surface area contributed by atoms with E-state index in [0.29, 0.717) is 10.1 Å². The molecule has 0 aliphatic carbocycles. The topological polar surface area (TPSA) is 42.3 Å². The summed E-state index contributed by atoms with van der Waals surface area (Å²) in [6.07, 6.45) is 1.83. The third-order valence-electron chi connectivity index (χ3n) is 7.90. The maximum absolute atomic E-state index is 6.40. The molecule has 1 aliphatic heterocycles. The van der Waals surface area contributed by atoms with Gasteiger partial charge in [-0.1, -0.05) is 41.9 Å². The standard InChI is InChI=1S/C34H31ClN4OS/c1-21-10-5-6-14-30(21)40-28-17-15-26(16-18-28)39-33(32(37-34(39)41)29-13-7-8-19-36-29)31-22(2)23(3)38(24(31)4)27-12-9-11-25(35)20-27/h5-20,32-33H,1-4H3,(H,37,41)/t32-,33+/m1/s1. The molecule has 1 saturated heterocycles. The predicted octanol–water partition coefficient (Wildman–Crippen LogP) is 8.73. The molecule has 1 N–H and O–H groups in total. The highest BCUT2D eigenvalue weighted by Gasteiger charge is 2.43. The maximum atomic E-state index is 6.40. The van der Waals surface area contributed by atoms with Crippen LogP contribution >= 0.6 is 23.8 Å². The van der Waals surface area contributed by atoms with Gasteiger partial charge in [0.25, 0.3) is 0 Å². The molecule has 5 aromatic rings. The number of thiocarbonyl (C=S) groups is 1. The van der Waals surface area contributed by atoms with E-state index in [1.54, 1.807) is 0 Å². The molecule has 2 atom stereocenters. The van der Waals surface area contributed by atoms with Crippen molar-refractivity contribution in [1.82, 2.24) is 14.9 Å². The van der Waals surface area contributed by atoms with Crippen molar-refractivity contribution >= 4 is 34.6 Å². The maximum Gasteiger partial charge on any atom is 0.174 e. The van der Waals surface area contributed by atoms with E-state index in [-0.39, 0.29) is 12.1 Å². The van der Waals surface area contributed by atoms with Crippen molar-refractivity contribution in [3.8, 4) is 17.2 Å². The molecule has 0 radical (unpaired) electrons. The lowest BCUT2D eigenvalue weighted by molar-refractivity contribution is 0.479. The van der Waals surface area contributed by atoms with Crippen molar-refractivity contribution in [3.63, 3.8) is 0 Å². The first kappa shape index (κ1) is 27.1. The fourth-order valence-electron chi connectivity index (χ4n) is 5.84. The van der Waals surface area contributed by atoms with Crippen molar-refractivity contribution in [3.05, 3.63) is 136 Å².